The van der Waals surface area contributed by atoms with E-state index in [2.05, 4.69) is 4.74 Å². The van der Waals surface area contributed by atoms with Crippen LogP contribution in [0.15, 0.2) is 17.0 Å². The third-order valence-electron chi connectivity index (χ3n) is 1.84. The maximum Gasteiger partial charge on any atom is 0.446 e. The molecule has 96 valence electrons. The number of hydrogen-bond acceptors (Lipinski definition) is 5. The minimum atomic E-state index is -4.64. The molecule has 0 spiro atoms. The number of halogens is 3. The molecule has 0 atom stereocenters. The van der Waals surface area contributed by atoms with E-state index in [-0.39, 0.29) is 5.56 Å². The number of methoxy groups -OCH3 is 1. The van der Waals surface area contributed by atoms with Crippen LogP contribution in [0, 0.1) is 11.3 Å². The highest BCUT2D eigenvalue weighted by molar-refractivity contribution is 8.00. The quantitative estimate of drug-likeness (QED) is 0.664. The van der Waals surface area contributed by atoms with Crippen LogP contribution in [0.4, 0.5) is 13.2 Å². The van der Waals surface area contributed by atoms with E-state index in [1.807, 2.05) is 0 Å². The van der Waals surface area contributed by atoms with Crippen molar-refractivity contribution in [3.8, 4) is 11.8 Å². The van der Waals surface area contributed by atoms with Crippen LogP contribution in [0.1, 0.15) is 15.9 Å². The van der Waals surface area contributed by atoms with Crippen LogP contribution in [-0.2, 0) is 4.74 Å². The second-order valence-electron chi connectivity index (χ2n) is 3.02. The topological polar surface area (TPSA) is 70.3 Å². The first-order valence-electron chi connectivity index (χ1n) is 4.39. The zero-order chi connectivity index (χ0) is 13.9. The van der Waals surface area contributed by atoms with E-state index >= 15 is 0 Å². The Labute approximate surface area is 104 Å². The number of thioether (sulfide) groups is 1. The van der Waals surface area contributed by atoms with Gasteiger partial charge in [0.1, 0.15) is 11.3 Å². The number of esters is 1. The maximum atomic E-state index is 12.2. The maximum absolute atomic E-state index is 12.2. The number of carbonyl (C=O) groups excluding carboxylic acids is 1. The molecule has 0 aliphatic heterocycles. The summed E-state index contributed by atoms with van der Waals surface area (Å²) in [7, 11) is 1.01. The van der Waals surface area contributed by atoms with Crippen LogP contribution in [0.2, 0.25) is 0 Å². The monoisotopic (exact) mass is 277 g/mol. The van der Waals surface area contributed by atoms with E-state index in [1.165, 1.54) is 0 Å². The Morgan fingerprint density at radius 1 is 1.50 bits per heavy atom. The van der Waals surface area contributed by atoms with E-state index in [0.29, 0.717) is 0 Å². The fourth-order valence-corrected chi connectivity index (χ4v) is 1.78. The second-order valence-corrected chi connectivity index (χ2v) is 4.13. The van der Waals surface area contributed by atoms with Gasteiger partial charge in [-0.2, -0.15) is 18.4 Å². The minimum absolute atomic E-state index is 0.181. The Bertz CT molecular complexity index is 522. The number of phenols is 1. The Morgan fingerprint density at radius 3 is 2.56 bits per heavy atom. The summed E-state index contributed by atoms with van der Waals surface area (Å²) in [5.41, 5.74) is -5.30. The fraction of sp³-hybridized carbons (Fsp3) is 0.200. The van der Waals surface area contributed by atoms with Gasteiger partial charge < -0.3 is 9.84 Å². The third kappa shape index (κ3) is 3.30. The molecule has 1 aromatic rings. The van der Waals surface area contributed by atoms with Gasteiger partial charge in [0.15, 0.2) is 0 Å². The molecule has 1 N–H and O–H groups in total. The Balaban J connectivity index is 3.35. The number of alkyl halides is 3. The lowest BCUT2D eigenvalue weighted by Crippen LogP contribution is -2.05. The van der Waals surface area contributed by atoms with Gasteiger partial charge in [-0.3, -0.25) is 0 Å². The van der Waals surface area contributed by atoms with E-state index < -0.39 is 39.4 Å². The number of ether oxygens (including phenoxy) is 1. The highest BCUT2D eigenvalue weighted by Gasteiger charge is 2.32. The standard InChI is InChI=1S/C10H6F3NO3S/c1-17-9(16)6-2-5(4-14)3-7(8(6)15)18-10(11,12)13/h2-3,15H,1H3. The van der Waals surface area contributed by atoms with E-state index in [9.17, 15) is 23.1 Å². The average molecular weight is 277 g/mol. The van der Waals surface area contributed by atoms with Gasteiger partial charge in [0.25, 0.3) is 0 Å². The Kier molecular flexibility index (Phi) is 4.08. The normalized spacial score (nSPS) is 10.8. The summed E-state index contributed by atoms with van der Waals surface area (Å²) in [5.74, 6) is -1.88. The van der Waals surface area contributed by atoms with Crippen LogP contribution >= 0.6 is 11.8 Å². The molecule has 1 aromatic carbocycles. The first-order chi connectivity index (χ1) is 8.28. The Hall–Kier alpha value is -1.88. The molecule has 1 rings (SSSR count). The van der Waals surface area contributed by atoms with Crippen molar-refractivity contribution in [2.24, 2.45) is 0 Å². The van der Waals surface area contributed by atoms with Gasteiger partial charge in [-0.1, -0.05) is 0 Å². The third-order valence-corrected chi connectivity index (χ3v) is 2.60. The zero-order valence-electron chi connectivity index (χ0n) is 8.91. The molecule has 0 amide bonds. The molecule has 0 bridgehead atoms. The smallest absolute Gasteiger partial charge is 0.446 e. The van der Waals surface area contributed by atoms with Crippen LogP contribution in [0.3, 0.4) is 0 Å². The molecule has 0 aliphatic carbocycles. The molecular weight excluding hydrogens is 271 g/mol. The molecule has 0 heterocycles. The van der Waals surface area contributed by atoms with Gasteiger partial charge in [0.2, 0.25) is 0 Å². The molecule has 4 nitrogen and oxygen atoms in total. The number of carbonyl (C=O) groups is 1. The van der Waals surface area contributed by atoms with E-state index in [4.69, 9.17) is 5.26 Å². The minimum Gasteiger partial charge on any atom is -0.506 e. The zero-order valence-corrected chi connectivity index (χ0v) is 9.72. The summed E-state index contributed by atoms with van der Waals surface area (Å²) >= 11 is -0.610. The predicted octanol–water partition coefficient (Wildman–Crippen LogP) is 2.66. The van der Waals surface area contributed by atoms with Crippen LogP contribution in [0.25, 0.3) is 0 Å². The summed E-state index contributed by atoms with van der Waals surface area (Å²) in [5, 5.41) is 18.2. The van der Waals surface area contributed by atoms with Crippen molar-refractivity contribution < 1.29 is 27.8 Å². The first kappa shape index (κ1) is 14.2. The van der Waals surface area contributed by atoms with Crippen molar-refractivity contribution >= 4 is 17.7 Å². The van der Waals surface area contributed by atoms with Gasteiger partial charge in [-0.25, -0.2) is 4.79 Å². The molecule has 18 heavy (non-hydrogen) atoms. The molecule has 0 unspecified atom stereocenters. The fourth-order valence-electron chi connectivity index (χ4n) is 1.14. The molecule has 0 radical (unpaired) electrons. The van der Waals surface area contributed by atoms with Crippen molar-refractivity contribution in [2.45, 2.75) is 10.4 Å². The highest BCUT2D eigenvalue weighted by Crippen LogP contribution is 2.42. The number of phenolic OH excluding ortho intramolecular Hbond substituents is 1. The lowest BCUT2D eigenvalue weighted by atomic mass is 10.1. The number of nitrogens with zero attached hydrogens (tertiary/aromatic N) is 1. The number of nitriles is 1. The Morgan fingerprint density at radius 2 is 2.11 bits per heavy atom. The van der Waals surface area contributed by atoms with Gasteiger partial charge in [-0.05, 0) is 23.9 Å². The summed E-state index contributed by atoms with van der Waals surface area (Å²) in [4.78, 5) is 10.6. The van der Waals surface area contributed by atoms with E-state index in [0.717, 1.165) is 19.2 Å². The van der Waals surface area contributed by atoms with Crippen molar-refractivity contribution in [3.05, 3.63) is 23.3 Å². The van der Waals surface area contributed by atoms with Gasteiger partial charge in [0.05, 0.1) is 23.6 Å². The van der Waals surface area contributed by atoms with Crippen LogP contribution in [-0.4, -0.2) is 23.7 Å². The molecule has 8 heteroatoms. The van der Waals surface area contributed by atoms with Gasteiger partial charge in [0, 0.05) is 0 Å². The number of hydrogen-bond donors (Lipinski definition) is 1. The predicted molar refractivity (Wildman–Crippen MR) is 56.1 cm³/mol. The summed E-state index contributed by atoms with van der Waals surface area (Å²) < 4.78 is 41.0. The molecule has 0 fully saturated rings. The lowest BCUT2D eigenvalue weighted by Gasteiger charge is -2.10. The van der Waals surface area contributed by atoms with Gasteiger partial charge in [-0.15, -0.1) is 0 Å². The van der Waals surface area contributed by atoms with Crippen LogP contribution < -0.4 is 0 Å². The summed E-state index contributed by atoms with van der Waals surface area (Å²) in [6.45, 7) is 0. The number of aromatic hydroxyl groups is 1. The largest absolute Gasteiger partial charge is 0.506 e. The molecule has 0 aromatic heterocycles. The highest BCUT2D eigenvalue weighted by atomic mass is 32.2. The van der Waals surface area contributed by atoms with Crippen molar-refractivity contribution in [1.82, 2.24) is 0 Å². The lowest BCUT2D eigenvalue weighted by molar-refractivity contribution is -0.0329. The molecule has 0 saturated carbocycles. The molecule has 0 saturated heterocycles. The SMILES string of the molecule is COC(=O)c1cc(C#N)cc(SC(F)(F)F)c1O. The van der Waals surface area contributed by atoms with Crippen molar-refractivity contribution in [1.29, 1.82) is 5.26 Å². The van der Waals surface area contributed by atoms with Crippen molar-refractivity contribution in [2.75, 3.05) is 7.11 Å². The summed E-state index contributed by atoms with van der Waals surface area (Å²) in [6, 6.07) is 3.41. The number of rotatable bonds is 2. The first-order valence-corrected chi connectivity index (χ1v) is 5.21. The summed E-state index contributed by atoms with van der Waals surface area (Å²) in [6.07, 6.45) is 0. The van der Waals surface area contributed by atoms with E-state index in [1.54, 1.807) is 6.07 Å². The van der Waals surface area contributed by atoms with Gasteiger partial charge >= 0.3 is 11.5 Å². The molecule has 0 aliphatic rings. The average Bonchev–Trinajstić information content (AvgIpc) is 2.29. The van der Waals surface area contributed by atoms with Crippen LogP contribution in [0.5, 0.6) is 5.75 Å². The van der Waals surface area contributed by atoms with Crippen molar-refractivity contribution in [3.63, 3.8) is 0 Å². The second kappa shape index (κ2) is 5.18. The molecular formula is C10H6F3NO3S. The number of benzene rings is 1.